The van der Waals surface area contributed by atoms with Crippen molar-refractivity contribution in [2.45, 2.75) is 18.1 Å². The van der Waals surface area contributed by atoms with Gasteiger partial charge in [-0.2, -0.15) is 5.26 Å². The average molecular weight is 314 g/mol. The molecule has 0 aromatic heterocycles. The van der Waals surface area contributed by atoms with Crippen molar-refractivity contribution in [1.82, 2.24) is 0 Å². The summed E-state index contributed by atoms with van der Waals surface area (Å²) >= 11 is 3.33. The summed E-state index contributed by atoms with van der Waals surface area (Å²) in [5.41, 5.74) is 0.932. The third-order valence-corrected chi connectivity index (χ3v) is 5.92. The lowest BCUT2D eigenvalue weighted by Crippen LogP contribution is -2.12. The maximum absolute atomic E-state index is 11.8. The van der Waals surface area contributed by atoms with E-state index in [0.717, 1.165) is 10.0 Å². The van der Waals surface area contributed by atoms with E-state index in [1.165, 1.54) is 0 Å². The molecule has 0 saturated heterocycles. The van der Waals surface area contributed by atoms with Gasteiger partial charge in [-0.25, -0.2) is 8.42 Å². The molecular formula is C12H12BrNO2S. The molecule has 0 radical (unpaired) electrons. The summed E-state index contributed by atoms with van der Waals surface area (Å²) in [6, 6.07) is 9.61. The van der Waals surface area contributed by atoms with Crippen molar-refractivity contribution in [3.05, 3.63) is 34.3 Å². The lowest BCUT2D eigenvalue weighted by atomic mass is 10.1. The molecular weight excluding hydrogens is 302 g/mol. The van der Waals surface area contributed by atoms with Gasteiger partial charge in [0.2, 0.25) is 0 Å². The number of hydrogen-bond acceptors (Lipinski definition) is 3. The van der Waals surface area contributed by atoms with E-state index < -0.39 is 15.1 Å². The Morgan fingerprint density at radius 1 is 1.35 bits per heavy atom. The van der Waals surface area contributed by atoms with Gasteiger partial charge in [-0.05, 0) is 17.7 Å². The SMILES string of the molecule is CCS(=O)(=O)[C@@H]1[C@H](C#N)[C@H]1c1ccc(Br)cc1. The molecule has 1 aliphatic carbocycles. The molecule has 90 valence electrons. The number of hydrogen-bond donors (Lipinski definition) is 0. The summed E-state index contributed by atoms with van der Waals surface area (Å²) in [6.45, 7) is 1.63. The van der Waals surface area contributed by atoms with Crippen molar-refractivity contribution in [1.29, 1.82) is 5.26 Å². The first kappa shape index (κ1) is 12.6. The van der Waals surface area contributed by atoms with Gasteiger partial charge < -0.3 is 0 Å². The molecule has 0 aliphatic heterocycles. The Morgan fingerprint density at radius 2 is 1.94 bits per heavy atom. The van der Waals surface area contributed by atoms with Gasteiger partial charge >= 0.3 is 0 Å². The molecule has 1 saturated carbocycles. The third-order valence-electron chi connectivity index (χ3n) is 3.17. The van der Waals surface area contributed by atoms with Gasteiger partial charge in [0.15, 0.2) is 9.84 Å². The Morgan fingerprint density at radius 3 is 2.41 bits per heavy atom. The van der Waals surface area contributed by atoms with Gasteiger partial charge in [-0.3, -0.25) is 0 Å². The van der Waals surface area contributed by atoms with Crippen LogP contribution in [0.5, 0.6) is 0 Å². The number of rotatable bonds is 3. The van der Waals surface area contributed by atoms with Crippen LogP contribution in [-0.2, 0) is 9.84 Å². The van der Waals surface area contributed by atoms with Crippen molar-refractivity contribution < 1.29 is 8.42 Å². The van der Waals surface area contributed by atoms with Gasteiger partial charge in [-0.1, -0.05) is 35.0 Å². The van der Waals surface area contributed by atoms with Crippen LogP contribution in [0.15, 0.2) is 28.7 Å². The first-order valence-electron chi connectivity index (χ1n) is 5.38. The van der Waals surface area contributed by atoms with E-state index in [-0.39, 0.29) is 17.6 Å². The molecule has 17 heavy (non-hydrogen) atoms. The summed E-state index contributed by atoms with van der Waals surface area (Å²) in [7, 11) is -3.13. The van der Waals surface area contributed by atoms with E-state index in [0.29, 0.717) is 0 Å². The van der Waals surface area contributed by atoms with Crippen LogP contribution in [0.3, 0.4) is 0 Å². The predicted octanol–water partition coefficient (Wildman–Crippen LogP) is 2.49. The normalized spacial score (nSPS) is 27.5. The molecule has 0 spiro atoms. The molecule has 1 aromatic rings. The number of nitrogens with zero attached hydrogens (tertiary/aromatic N) is 1. The minimum absolute atomic E-state index is 0.100. The highest BCUT2D eigenvalue weighted by atomic mass is 79.9. The fraction of sp³-hybridized carbons (Fsp3) is 0.417. The van der Waals surface area contributed by atoms with Crippen LogP contribution in [0.4, 0.5) is 0 Å². The second-order valence-electron chi connectivity index (χ2n) is 4.15. The van der Waals surface area contributed by atoms with Crippen LogP contribution in [-0.4, -0.2) is 19.4 Å². The monoisotopic (exact) mass is 313 g/mol. The van der Waals surface area contributed by atoms with Crippen LogP contribution >= 0.6 is 15.9 Å². The van der Waals surface area contributed by atoms with Gasteiger partial charge in [-0.15, -0.1) is 0 Å². The van der Waals surface area contributed by atoms with Gasteiger partial charge in [0.05, 0.1) is 17.2 Å². The zero-order valence-electron chi connectivity index (χ0n) is 9.30. The van der Waals surface area contributed by atoms with Crippen molar-refractivity contribution in [2.24, 2.45) is 5.92 Å². The number of sulfone groups is 1. The lowest BCUT2D eigenvalue weighted by Gasteiger charge is -2.00. The highest BCUT2D eigenvalue weighted by molar-refractivity contribution is 9.10. The van der Waals surface area contributed by atoms with Crippen LogP contribution in [0.1, 0.15) is 18.4 Å². The lowest BCUT2D eigenvalue weighted by molar-refractivity contribution is 0.594. The molecule has 0 amide bonds. The fourth-order valence-corrected chi connectivity index (χ4v) is 4.17. The number of halogens is 1. The van der Waals surface area contributed by atoms with Crippen molar-refractivity contribution in [3.63, 3.8) is 0 Å². The van der Waals surface area contributed by atoms with E-state index in [1.807, 2.05) is 24.3 Å². The molecule has 0 heterocycles. The summed E-state index contributed by atoms with van der Waals surface area (Å²) in [5.74, 6) is -0.442. The summed E-state index contributed by atoms with van der Waals surface area (Å²) in [6.07, 6.45) is 0. The molecule has 0 unspecified atom stereocenters. The van der Waals surface area contributed by atoms with Crippen LogP contribution in [0.25, 0.3) is 0 Å². The van der Waals surface area contributed by atoms with Crippen LogP contribution in [0.2, 0.25) is 0 Å². The van der Waals surface area contributed by atoms with Crippen molar-refractivity contribution >= 4 is 25.8 Å². The maximum atomic E-state index is 11.8. The molecule has 0 bridgehead atoms. The Bertz CT molecular complexity index is 559. The summed E-state index contributed by atoms with van der Waals surface area (Å²) in [4.78, 5) is 0. The first-order chi connectivity index (χ1) is 8.01. The molecule has 3 nitrogen and oxygen atoms in total. The minimum atomic E-state index is -3.13. The molecule has 2 rings (SSSR count). The molecule has 0 N–H and O–H groups in total. The Balaban J connectivity index is 2.30. The fourth-order valence-electron chi connectivity index (χ4n) is 2.16. The standard InChI is InChI=1S/C12H12BrNO2S/c1-2-17(15,16)12-10(7-14)11(12)8-3-5-9(13)6-4-8/h3-6,10-12H,2H2,1H3/t10-,11-,12-/m1/s1. The van der Waals surface area contributed by atoms with Crippen molar-refractivity contribution in [2.75, 3.05) is 5.75 Å². The number of benzene rings is 1. The third kappa shape index (κ3) is 2.24. The van der Waals surface area contributed by atoms with Crippen molar-refractivity contribution in [3.8, 4) is 6.07 Å². The molecule has 1 fully saturated rings. The first-order valence-corrected chi connectivity index (χ1v) is 7.88. The highest BCUT2D eigenvalue weighted by Crippen LogP contribution is 2.52. The Labute approximate surface area is 110 Å². The predicted molar refractivity (Wildman–Crippen MR) is 69.2 cm³/mol. The number of nitriles is 1. The molecule has 1 aromatic carbocycles. The second kappa shape index (κ2) is 4.43. The van der Waals surface area contributed by atoms with E-state index in [4.69, 9.17) is 5.26 Å². The summed E-state index contributed by atoms with van der Waals surface area (Å²) < 4.78 is 24.6. The topological polar surface area (TPSA) is 57.9 Å². The maximum Gasteiger partial charge on any atom is 0.154 e. The van der Waals surface area contributed by atoms with Gasteiger partial charge in [0.1, 0.15) is 0 Å². The average Bonchev–Trinajstić information content (AvgIpc) is 3.05. The van der Waals surface area contributed by atoms with E-state index in [1.54, 1.807) is 6.92 Å². The van der Waals surface area contributed by atoms with E-state index in [9.17, 15) is 8.42 Å². The zero-order chi connectivity index (χ0) is 12.6. The Hall–Kier alpha value is -0.860. The molecule has 3 atom stereocenters. The van der Waals surface area contributed by atoms with E-state index in [2.05, 4.69) is 22.0 Å². The largest absolute Gasteiger partial charge is 0.228 e. The molecule has 5 heteroatoms. The second-order valence-corrected chi connectivity index (χ2v) is 7.51. The Kier molecular flexibility index (Phi) is 3.28. The minimum Gasteiger partial charge on any atom is -0.228 e. The highest BCUT2D eigenvalue weighted by Gasteiger charge is 2.58. The van der Waals surface area contributed by atoms with Gasteiger partial charge in [0, 0.05) is 16.1 Å². The van der Waals surface area contributed by atoms with Crippen LogP contribution in [0, 0.1) is 17.2 Å². The smallest absolute Gasteiger partial charge is 0.154 e. The zero-order valence-corrected chi connectivity index (χ0v) is 11.7. The quantitative estimate of drug-likeness (QED) is 0.861. The van der Waals surface area contributed by atoms with Crippen LogP contribution < -0.4 is 0 Å². The van der Waals surface area contributed by atoms with E-state index >= 15 is 0 Å². The van der Waals surface area contributed by atoms with Gasteiger partial charge in [0.25, 0.3) is 0 Å². The molecule has 1 aliphatic rings. The summed E-state index contributed by atoms with van der Waals surface area (Å²) in [5, 5.41) is 8.48.